The average Bonchev–Trinajstić information content (AvgIpc) is 3.15. The van der Waals surface area contributed by atoms with Gasteiger partial charge in [0.25, 0.3) is 11.6 Å². The average molecular weight is 357 g/mol. The Kier molecular flexibility index (Phi) is 5.37. The van der Waals surface area contributed by atoms with Crippen molar-refractivity contribution in [2.45, 2.75) is 34.1 Å². The van der Waals surface area contributed by atoms with Crippen molar-refractivity contribution in [3.8, 4) is 11.3 Å². The van der Waals surface area contributed by atoms with Crippen LogP contribution in [-0.2, 0) is 4.74 Å². The van der Waals surface area contributed by atoms with E-state index in [2.05, 4.69) is 15.5 Å². The van der Waals surface area contributed by atoms with Crippen molar-refractivity contribution in [1.82, 2.24) is 15.5 Å². The molecule has 0 aliphatic carbocycles. The third-order valence-electron chi connectivity index (χ3n) is 4.13. The molecular formula is C19H23N3O4. The molecule has 3 rings (SSSR count). The molecule has 1 N–H and O–H groups in total. The highest BCUT2D eigenvalue weighted by Gasteiger charge is 2.20. The molecule has 0 saturated heterocycles. The summed E-state index contributed by atoms with van der Waals surface area (Å²) in [5, 5.41) is 7.52. The van der Waals surface area contributed by atoms with Crippen LogP contribution in [0.5, 0.6) is 0 Å². The van der Waals surface area contributed by atoms with E-state index in [1.54, 1.807) is 13.0 Å². The first-order valence-corrected chi connectivity index (χ1v) is 8.71. The van der Waals surface area contributed by atoms with E-state index in [0.717, 1.165) is 23.5 Å². The molecule has 1 amide bonds. The normalized spacial score (nSPS) is 11.2. The van der Waals surface area contributed by atoms with Gasteiger partial charge in [-0.3, -0.25) is 4.79 Å². The number of carbonyl (C=O) groups excluding carboxylic acids is 1. The number of nitrogens with one attached hydrogen (secondary N) is 1. The highest BCUT2D eigenvalue weighted by atomic mass is 16.5. The fourth-order valence-electron chi connectivity index (χ4n) is 2.91. The number of amides is 1. The van der Waals surface area contributed by atoms with Crippen LogP contribution >= 0.6 is 0 Å². The molecule has 3 aromatic heterocycles. The second-order valence-electron chi connectivity index (χ2n) is 6.14. The summed E-state index contributed by atoms with van der Waals surface area (Å²) in [5.74, 6) is 1.35. The number of aromatic nitrogens is 2. The highest BCUT2D eigenvalue weighted by molar-refractivity contribution is 6.07. The van der Waals surface area contributed by atoms with Crippen LogP contribution in [0.3, 0.4) is 0 Å². The van der Waals surface area contributed by atoms with Gasteiger partial charge in [0.2, 0.25) is 0 Å². The standard InChI is InChI=1S/C19H23N3O4/c1-5-24-8-6-7-20-18(23)15-10-16(14-9-11(2)25-13(14)4)21-19-17(15)12(3)22-26-19/h9-10H,5-8H2,1-4H3,(H,20,23). The van der Waals surface area contributed by atoms with Crippen LogP contribution in [0.2, 0.25) is 0 Å². The quantitative estimate of drug-likeness (QED) is 0.650. The van der Waals surface area contributed by atoms with Gasteiger partial charge in [0.15, 0.2) is 0 Å². The number of pyridine rings is 1. The van der Waals surface area contributed by atoms with E-state index >= 15 is 0 Å². The highest BCUT2D eigenvalue weighted by Crippen LogP contribution is 2.30. The third kappa shape index (κ3) is 3.62. The summed E-state index contributed by atoms with van der Waals surface area (Å²) < 4.78 is 16.2. The van der Waals surface area contributed by atoms with E-state index < -0.39 is 0 Å². The number of hydrogen-bond acceptors (Lipinski definition) is 6. The predicted octanol–water partition coefficient (Wildman–Crippen LogP) is 3.56. The van der Waals surface area contributed by atoms with E-state index in [4.69, 9.17) is 13.7 Å². The molecule has 7 heteroatoms. The first-order chi connectivity index (χ1) is 12.5. The zero-order chi connectivity index (χ0) is 18.7. The van der Waals surface area contributed by atoms with Crippen molar-refractivity contribution in [2.75, 3.05) is 19.8 Å². The molecule has 3 heterocycles. The van der Waals surface area contributed by atoms with E-state index in [0.29, 0.717) is 47.8 Å². The number of hydrogen-bond donors (Lipinski definition) is 1. The molecule has 0 saturated carbocycles. The number of rotatable bonds is 7. The number of nitrogens with zero attached hydrogens (tertiary/aromatic N) is 2. The van der Waals surface area contributed by atoms with Gasteiger partial charge in [0.05, 0.1) is 22.3 Å². The minimum Gasteiger partial charge on any atom is -0.466 e. The summed E-state index contributed by atoms with van der Waals surface area (Å²) in [6, 6.07) is 3.66. The number of fused-ring (bicyclic) bond motifs is 1. The molecule has 3 aromatic rings. The fraction of sp³-hybridized carbons (Fsp3) is 0.421. The van der Waals surface area contributed by atoms with Crippen LogP contribution in [0.15, 0.2) is 21.1 Å². The van der Waals surface area contributed by atoms with Crippen LogP contribution in [0.1, 0.15) is 40.9 Å². The molecule has 0 aromatic carbocycles. The summed E-state index contributed by atoms with van der Waals surface area (Å²) in [4.78, 5) is 17.3. The SMILES string of the molecule is CCOCCCNC(=O)c1cc(-c2cc(C)oc2C)nc2onc(C)c12. The van der Waals surface area contributed by atoms with Crippen LogP contribution in [-0.4, -0.2) is 35.8 Å². The third-order valence-corrected chi connectivity index (χ3v) is 4.13. The molecule has 0 aliphatic heterocycles. The molecule has 0 unspecified atom stereocenters. The van der Waals surface area contributed by atoms with E-state index in [1.807, 2.05) is 26.8 Å². The maximum Gasteiger partial charge on any atom is 0.259 e. The Morgan fingerprint density at radius 1 is 1.27 bits per heavy atom. The summed E-state index contributed by atoms with van der Waals surface area (Å²) in [7, 11) is 0. The van der Waals surface area contributed by atoms with E-state index in [9.17, 15) is 4.79 Å². The molecule has 138 valence electrons. The molecular weight excluding hydrogens is 334 g/mol. The smallest absolute Gasteiger partial charge is 0.259 e. The number of carbonyl (C=O) groups is 1. The van der Waals surface area contributed by atoms with Gasteiger partial charge in [-0.1, -0.05) is 5.16 Å². The molecule has 0 atom stereocenters. The van der Waals surface area contributed by atoms with Gasteiger partial charge >= 0.3 is 0 Å². The van der Waals surface area contributed by atoms with Gasteiger partial charge < -0.3 is 19.0 Å². The Bertz CT molecular complexity index is 926. The van der Waals surface area contributed by atoms with E-state index in [-0.39, 0.29) is 5.91 Å². The topological polar surface area (TPSA) is 90.4 Å². The second kappa shape index (κ2) is 7.70. The Hall–Kier alpha value is -2.67. The zero-order valence-electron chi connectivity index (χ0n) is 15.5. The van der Waals surface area contributed by atoms with Crippen molar-refractivity contribution < 1.29 is 18.5 Å². The lowest BCUT2D eigenvalue weighted by molar-refractivity contribution is 0.0945. The molecule has 7 nitrogen and oxygen atoms in total. The lowest BCUT2D eigenvalue weighted by atomic mass is 10.1. The van der Waals surface area contributed by atoms with Gasteiger partial charge in [0, 0.05) is 25.3 Å². The Morgan fingerprint density at radius 2 is 2.08 bits per heavy atom. The zero-order valence-corrected chi connectivity index (χ0v) is 15.5. The first kappa shape index (κ1) is 18.1. The van der Waals surface area contributed by atoms with Crippen molar-refractivity contribution >= 4 is 17.0 Å². The maximum absolute atomic E-state index is 12.7. The molecule has 0 spiro atoms. The van der Waals surface area contributed by atoms with Crippen molar-refractivity contribution in [3.05, 3.63) is 34.9 Å². The van der Waals surface area contributed by atoms with Crippen LogP contribution < -0.4 is 5.32 Å². The number of ether oxygens (including phenoxy) is 1. The van der Waals surface area contributed by atoms with Crippen molar-refractivity contribution in [1.29, 1.82) is 0 Å². The monoisotopic (exact) mass is 357 g/mol. The summed E-state index contributed by atoms with van der Waals surface area (Å²) >= 11 is 0. The minimum atomic E-state index is -0.181. The second-order valence-corrected chi connectivity index (χ2v) is 6.14. The molecule has 26 heavy (non-hydrogen) atoms. The number of aryl methyl sites for hydroxylation is 3. The summed E-state index contributed by atoms with van der Waals surface area (Å²) in [5.41, 5.74) is 2.95. The Labute approximate surface area is 151 Å². The first-order valence-electron chi connectivity index (χ1n) is 8.71. The van der Waals surface area contributed by atoms with Gasteiger partial charge in [-0.25, -0.2) is 4.98 Å². The fourth-order valence-corrected chi connectivity index (χ4v) is 2.91. The van der Waals surface area contributed by atoms with Crippen LogP contribution in [0.25, 0.3) is 22.4 Å². The van der Waals surface area contributed by atoms with Crippen LogP contribution in [0, 0.1) is 20.8 Å². The van der Waals surface area contributed by atoms with Gasteiger partial charge in [-0.2, -0.15) is 0 Å². The number of furan rings is 1. The van der Waals surface area contributed by atoms with Crippen molar-refractivity contribution in [3.63, 3.8) is 0 Å². The van der Waals surface area contributed by atoms with Gasteiger partial charge in [-0.05, 0) is 46.2 Å². The maximum atomic E-state index is 12.7. The Morgan fingerprint density at radius 3 is 2.77 bits per heavy atom. The molecule has 0 radical (unpaired) electrons. The molecule has 0 fully saturated rings. The molecule has 0 bridgehead atoms. The molecule has 0 aliphatic rings. The minimum absolute atomic E-state index is 0.181. The van der Waals surface area contributed by atoms with E-state index in [1.165, 1.54) is 0 Å². The lowest BCUT2D eigenvalue weighted by Crippen LogP contribution is -2.25. The van der Waals surface area contributed by atoms with Gasteiger partial charge in [0.1, 0.15) is 11.5 Å². The largest absolute Gasteiger partial charge is 0.466 e. The van der Waals surface area contributed by atoms with Crippen molar-refractivity contribution in [2.24, 2.45) is 0 Å². The lowest BCUT2D eigenvalue weighted by Gasteiger charge is -2.08. The predicted molar refractivity (Wildman–Crippen MR) is 97.2 cm³/mol. The van der Waals surface area contributed by atoms with Gasteiger partial charge in [-0.15, -0.1) is 0 Å². The summed E-state index contributed by atoms with van der Waals surface area (Å²) in [6.45, 7) is 9.31. The Balaban J connectivity index is 1.93. The summed E-state index contributed by atoms with van der Waals surface area (Å²) in [6.07, 6.45) is 0.753. The van der Waals surface area contributed by atoms with Crippen LogP contribution in [0.4, 0.5) is 0 Å².